The van der Waals surface area contributed by atoms with E-state index < -0.39 is 11.7 Å². The molecular formula is C9H11NO4. The monoisotopic (exact) mass is 197 g/mol. The van der Waals surface area contributed by atoms with Crippen LogP contribution in [0.1, 0.15) is 22.8 Å². The SMILES string of the molecule is CCc1c(O)c(N)cc(C(=O)O)c1O. The number of rotatable bonds is 2. The molecule has 0 aliphatic rings. The van der Waals surface area contributed by atoms with Gasteiger partial charge in [-0.3, -0.25) is 0 Å². The number of carbonyl (C=O) groups is 1. The molecule has 0 amide bonds. The van der Waals surface area contributed by atoms with E-state index in [-0.39, 0.29) is 22.6 Å². The van der Waals surface area contributed by atoms with E-state index in [1.54, 1.807) is 6.92 Å². The highest BCUT2D eigenvalue weighted by Crippen LogP contribution is 2.36. The number of hydrogen-bond donors (Lipinski definition) is 4. The minimum atomic E-state index is -1.27. The zero-order valence-electron chi connectivity index (χ0n) is 7.61. The first kappa shape index (κ1) is 10.2. The van der Waals surface area contributed by atoms with Crippen molar-refractivity contribution in [2.75, 3.05) is 5.73 Å². The average Bonchev–Trinajstić information content (AvgIpc) is 2.12. The summed E-state index contributed by atoms with van der Waals surface area (Å²) in [7, 11) is 0. The van der Waals surface area contributed by atoms with Gasteiger partial charge in [0, 0.05) is 5.56 Å². The van der Waals surface area contributed by atoms with Crippen molar-refractivity contribution in [2.24, 2.45) is 0 Å². The maximum atomic E-state index is 10.7. The van der Waals surface area contributed by atoms with Gasteiger partial charge in [0.15, 0.2) is 0 Å². The lowest BCUT2D eigenvalue weighted by Gasteiger charge is -2.09. The summed E-state index contributed by atoms with van der Waals surface area (Å²) >= 11 is 0. The highest BCUT2D eigenvalue weighted by Gasteiger charge is 2.18. The summed E-state index contributed by atoms with van der Waals surface area (Å²) in [4.78, 5) is 10.7. The van der Waals surface area contributed by atoms with E-state index in [0.29, 0.717) is 6.42 Å². The maximum absolute atomic E-state index is 10.7. The highest BCUT2D eigenvalue weighted by molar-refractivity contribution is 5.93. The molecule has 0 heterocycles. The summed E-state index contributed by atoms with van der Waals surface area (Å²) in [6, 6.07) is 1.03. The number of hydrogen-bond acceptors (Lipinski definition) is 4. The van der Waals surface area contributed by atoms with Gasteiger partial charge in [-0.05, 0) is 12.5 Å². The van der Waals surface area contributed by atoms with Crippen molar-refractivity contribution in [3.8, 4) is 11.5 Å². The Balaban J connectivity index is 3.50. The van der Waals surface area contributed by atoms with Crippen LogP contribution in [-0.2, 0) is 6.42 Å². The van der Waals surface area contributed by atoms with Crippen LogP contribution in [0, 0.1) is 0 Å². The van der Waals surface area contributed by atoms with Gasteiger partial charge in [-0.1, -0.05) is 6.92 Å². The Labute approximate surface area is 80.4 Å². The Morgan fingerprint density at radius 1 is 1.43 bits per heavy atom. The quantitative estimate of drug-likeness (QED) is 0.321. The molecule has 0 bridgehead atoms. The van der Waals surface area contributed by atoms with Crippen molar-refractivity contribution in [3.05, 3.63) is 17.2 Å². The van der Waals surface area contributed by atoms with Crippen molar-refractivity contribution < 1.29 is 20.1 Å². The van der Waals surface area contributed by atoms with E-state index in [2.05, 4.69) is 0 Å². The topological polar surface area (TPSA) is 104 Å². The van der Waals surface area contributed by atoms with Crippen molar-refractivity contribution in [1.82, 2.24) is 0 Å². The van der Waals surface area contributed by atoms with Gasteiger partial charge in [-0.15, -0.1) is 0 Å². The van der Waals surface area contributed by atoms with Gasteiger partial charge in [0.2, 0.25) is 0 Å². The van der Waals surface area contributed by atoms with Crippen LogP contribution in [0.3, 0.4) is 0 Å². The predicted octanol–water partition coefficient (Wildman–Crippen LogP) is 0.941. The zero-order valence-corrected chi connectivity index (χ0v) is 7.61. The zero-order chi connectivity index (χ0) is 10.9. The number of phenols is 2. The van der Waals surface area contributed by atoms with Crippen LogP contribution in [0.4, 0.5) is 5.69 Å². The Kier molecular flexibility index (Phi) is 2.51. The third-order valence-electron chi connectivity index (χ3n) is 1.98. The average molecular weight is 197 g/mol. The minimum absolute atomic E-state index is 0.0444. The summed E-state index contributed by atoms with van der Waals surface area (Å²) in [5, 5.41) is 27.6. The molecule has 14 heavy (non-hydrogen) atoms. The van der Waals surface area contributed by atoms with Gasteiger partial charge >= 0.3 is 5.97 Å². The molecular weight excluding hydrogens is 186 g/mol. The lowest BCUT2D eigenvalue weighted by molar-refractivity contribution is 0.0693. The fraction of sp³-hybridized carbons (Fsp3) is 0.222. The molecule has 5 nitrogen and oxygen atoms in total. The maximum Gasteiger partial charge on any atom is 0.339 e. The molecule has 1 aromatic rings. The van der Waals surface area contributed by atoms with E-state index in [9.17, 15) is 15.0 Å². The number of carboxylic acid groups (broad SMARTS) is 1. The standard InChI is InChI=1S/C9H11NO4/c1-2-4-7(11)5(9(13)14)3-6(10)8(4)12/h3,11-12H,2,10H2,1H3,(H,13,14). The lowest BCUT2D eigenvalue weighted by Crippen LogP contribution is -2.02. The number of carboxylic acids is 1. The highest BCUT2D eigenvalue weighted by atomic mass is 16.4. The third kappa shape index (κ3) is 1.44. The first-order valence-corrected chi connectivity index (χ1v) is 4.05. The summed E-state index contributed by atoms with van der Waals surface area (Å²) < 4.78 is 0. The summed E-state index contributed by atoms with van der Waals surface area (Å²) in [5.74, 6) is -1.95. The van der Waals surface area contributed by atoms with Crippen molar-refractivity contribution in [1.29, 1.82) is 0 Å². The van der Waals surface area contributed by atoms with Crippen LogP contribution in [0.15, 0.2) is 6.07 Å². The Morgan fingerprint density at radius 3 is 2.43 bits per heavy atom. The molecule has 0 saturated heterocycles. The molecule has 76 valence electrons. The Hall–Kier alpha value is -1.91. The molecule has 1 rings (SSSR count). The number of anilines is 1. The van der Waals surface area contributed by atoms with E-state index in [0.717, 1.165) is 6.07 Å². The number of nitrogen functional groups attached to an aromatic ring is 1. The number of benzene rings is 1. The molecule has 0 aliphatic heterocycles. The molecule has 0 spiro atoms. The van der Waals surface area contributed by atoms with Crippen LogP contribution in [0.5, 0.6) is 11.5 Å². The van der Waals surface area contributed by atoms with Gasteiger partial charge in [-0.25, -0.2) is 4.79 Å². The number of aromatic carboxylic acids is 1. The first-order valence-electron chi connectivity index (χ1n) is 4.05. The molecule has 5 heteroatoms. The molecule has 0 radical (unpaired) electrons. The number of aromatic hydroxyl groups is 2. The van der Waals surface area contributed by atoms with Crippen LogP contribution in [-0.4, -0.2) is 21.3 Å². The molecule has 0 fully saturated rings. The smallest absolute Gasteiger partial charge is 0.339 e. The Bertz CT molecular complexity index is 387. The van der Waals surface area contributed by atoms with E-state index in [4.69, 9.17) is 10.8 Å². The fourth-order valence-corrected chi connectivity index (χ4v) is 1.24. The van der Waals surface area contributed by atoms with Crippen molar-refractivity contribution >= 4 is 11.7 Å². The minimum Gasteiger partial charge on any atom is -0.507 e. The largest absolute Gasteiger partial charge is 0.507 e. The first-order chi connectivity index (χ1) is 6.49. The molecule has 0 saturated carbocycles. The second kappa shape index (κ2) is 3.45. The van der Waals surface area contributed by atoms with Gasteiger partial charge in [0.1, 0.15) is 17.1 Å². The molecule has 0 aliphatic carbocycles. The predicted molar refractivity (Wildman–Crippen MR) is 50.5 cm³/mol. The second-order valence-electron chi connectivity index (χ2n) is 2.85. The molecule has 0 unspecified atom stereocenters. The van der Waals surface area contributed by atoms with Gasteiger partial charge in [-0.2, -0.15) is 0 Å². The summed E-state index contributed by atoms with van der Waals surface area (Å²) in [6.07, 6.45) is 0.309. The molecule has 1 aromatic carbocycles. The fourth-order valence-electron chi connectivity index (χ4n) is 1.24. The normalized spacial score (nSPS) is 10.1. The van der Waals surface area contributed by atoms with E-state index in [1.165, 1.54) is 0 Å². The van der Waals surface area contributed by atoms with Crippen molar-refractivity contribution in [3.63, 3.8) is 0 Å². The summed E-state index contributed by atoms with van der Waals surface area (Å²) in [6.45, 7) is 1.68. The van der Waals surface area contributed by atoms with E-state index >= 15 is 0 Å². The number of phenolic OH excluding ortho intramolecular Hbond substituents is 1. The number of nitrogens with two attached hydrogens (primary N) is 1. The summed E-state index contributed by atoms with van der Waals surface area (Å²) in [5.41, 5.74) is 5.20. The van der Waals surface area contributed by atoms with Crippen LogP contribution in [0.2, 0.25) is 0 Å². The van der Waals surface area contributed by atoms with Crippen LogP contribution in [0.25, 0.3) is 0 Å². The van der Waals surface area contributed by atoms with Gasteiger partial charge in [0.25, 0.3) is 0 Å². The van der Waals surface area contributed by atoms with Crippen molar-refractivity contribution in [2.45, 2.75) is 13.3 Å². The van der Waals surface area contributed by atoms with Crippen LogP contribution >= 0.6 is 0 Å². The Morgan fingerprint density at radius 2 is 2.00 bits per heavy atom. The lowest BCUT2D eigenvalue weighted by atomic mass is 10.0. The third-order valence-corrected chi connectivity index (χ3v) is 1.98. The molecule has 0 aromatic heterocycles. The van der Waals surface area contributed by atoms with Gasteiger partial charge in [0.05, 0.1) is 5.69 Å². The molecule has 0 atom stereocenters. The van der Waals surface area contributed by atoms with Gasteiger partial charge < -0.3 is 21.1 Å². The second-order valence-corrected chi connectivity index (χ2v) is 2.85. The molecule has 5 N–H and O–H groups in total. The van der Waals surface area contributed by atoms with E-state index in [1.807, 2.05) is 0 Å². The van der Waals surface area contributed by atoms with Crippen LogP contribution < -0.4 is 5.73 Å².